The molecule has 0 aromatic heterocycles. The van der Waals surface area contributed by atoms with Gasteiger partial charge >= 0.3 is 5.97 Å². The van der Waals surface area contributed by atoms with E-state index in [0.717, 1.165) is 11.3 Å². The van der Waals surface area contributed by atoms with Crippen molar-refractivity contribution in [1.82, 2.24) is 0 Å². The Balaban J connectivity index is 2.43. The van der Waals surface area contributed by atoms with E-state index < -0.39 is 11.5 Å². The van der Waals surface area contributed by atoms with E-state index in [1.165, 1.54) is 0 Å². The Morgan fingerprint density at radius 1 is 1.41 bits per heavy atom. The molecule has 1 atom stereocenters. The van der Waals surface area contributed by atoms with Crippen LogP contribution in [-0.4, -0.2) is 18.0 Å². The van der Waals surface area contributed by atoms with E-state index in [0.29, 0.717) is 12.0 Å². The third kappa shape index (κ3) is 2.99. The third-order valence-corrected chi connectivity index (χ3v) is 3.99. The molecule has 1 amide bonds. The zero-order valence-electron chi connectivity index (χ0n) is 13.8. The fourth-order valence-electron chi connectivity index (χ4n) is 2.68. The number of rotatable bonds is 3. The number of hydrogen-bond acceptors (Lipinski definition) is 4. The molecular weight excluding hydrogens is 280 g/mol. The lowest BCUT2D eigenvalue weighted by Gasteiger charge is -2.34. The second kappa shape index (κ2) is 5.39. The maximum absolute atomic E-state index is 12.2. The first-order chi connectivity index (χ1) is 10.0. The number of ether oxygens (including phenoxy) is 1. The highest BCUT2D eigenvalue weighted by Gasteiger charge is 2.37. The van der Waals surface area contributed by atoms with Crippen LogP contribution in [0.5, 0.6) is 0 Å². The molecule has 0 saturated carbocycles. The smallest absolute Gasteiger partial charge is 0.330 e. The van der Waals surface area contributed by atoms with Gasteiger partial charge in [-0.15, -0.1) is 0 Å². The lowest BCUT2D eigenvalue weighted by Crippen LogP contribution is -2.44. The molecule has 0 spiro atoms. The number of carbonyl (C=O) groups is 2. The molecule has 0 fully saturated rings. The molecule has 1 aromatic carbocycles. The van der Waals surface area contributed by atoms with Crippen molar-refractivity contribution in [3.05, 3.63) is 29.3 Å². The van der Waals surface area contributed by atoms with Gasteiger partial charge in [0.15, 0.2) is 0 Å². The fourth-order valence-corrected chi connectivity index (χ4v) is 2.68. The monoisotopic (exact) mass is 304 g/mol. The van der Waals surface area contributed by atoms with Gasteiger partial charge < -0.3 is 15.8 Å². The molecule has 1 aliphatic rings. The summed E-state index contributed by atoms with van der Waals surface area (Å²) in [6.07, 6.45) is 0.185. The van der Waals surface area contributed by atoms with Crippen molar-refractivity contribution in [2.75, 3.05) is 5.32 Å². The fraction of sp³-hybridized carbons (Fsp3) is 0.529. The van der Waals surface area contributed by atoms with Crippen LogP contribution in [0.2, 0.25) is 0 Å². The van der Waals surface area contributed by atoms with E-state index in [1.54, 1.807) is 32.9 Å². The average Bonchev–Trinajstić information content (AvgIpc) is 2.36. The van der Waals surface area contributed by atoms with Gasteiger partial charge in [-0.3, -0.25) is 4.79 Å². The minimum Gasteiger partial charge on any atom is -0.461 e. The quantitative estimate of drug-likeness (QED) is 0.840. The van der Waals surface area contributed by atoms with Crippen LogP contribution in [0.25, 0.3) is 0 Å². The molecule has 5 nitrogen and oxygen atoms in total. The predicted octanol–water partition coefficient (Wildman–Crippen LogP) is 2.43. The Kier molecular flexibility index (Phi) is 4.04. The molecule has 0 aliphatic carbocycles. The molecule has 0 bridgehead atoms. The highest BCUT2D eigenvalue weighted by atomic mass is 16.5. The first-order valence-electron chi connectivity index (χ1n) is 7.49. The SMILES string of the molecule is CC(C)OC(=O)[C@](C)(N)c1ccc2c(c1)C(C)(C)CC(=O)N2. The van der Waals surface area contributed by atoms with Crippen molar-refractivity contribution in [1.29, 1.82) is 0 Å². The molecular formula is C17H24N2O3. The summed E-state index contributed by atoms with van der Waals surface area (Å²) in [5.41, 5.74) is 7.13. The summed E-state index contributed by atoms with van der Waals surface area (Å²) >= 11 is 0. The lowest BCUT2D eigenvalue weighted by molar-refractivity contribution is -0.153. The largest absolute Gasteiger partial charge is 0.461 e. The van der Waals surface area contributed by atoms with Crippen molar-refractivity contribution in [2.24, 2.45) is 5.73 Å². The van der Waals surface area contributed by atoms with Gasteiger partial charge in [-0.05, 0) is 38.0 Å². The Hall–Kier alpha value is -1.88. The van der Waals surface area contributed by atoms with E-state index in [9.17, 15) is 9.59 Å². The first-order valence-corrected chi connectivity index (χ1v) is 7.49. The molecule has 1 aliphatic heterocycles. The van der Waals surface area contributed by atoms with Gasteiger partial charge in [0.1, 0.15) is 5.54 Å². The summed E-state index contributed by atoms with van der Waals surface area (Å²) in [5, 5.41) is 2.86. The third-order valence-electron chi connectivity index (χ3n) is 3.99. The van der Waals surface area contributed by atoms with Gasteiger partial charge in [0, 0.05) is 17.5 Å². The van der Waals surface area contributed by atoms with E-state index in [1.807, 2.05) is 19.9 Å². The van der Waals surface area contributed by atoms with Crippen LogP contribution >= 0.6 is 0 Å². The van der Waals surface area contributed by atoms with Crippen molar-refractivity contribution in [3.63, 3.8) is 0 Å². The summed E-state index contributed by atoms with van der Waals surface area (Å²) in [6, 6.07) is 5.47. The first kappa shape index (κ1) is 16.5. The van der Waals surface area contributed by atoms with Crippen LogP contribution in [0, 0.1) is 0 Å². The van der Waals surface area contributed by atoms with Crippen molar-refractivity contribution < 1.29 is 14.3 Å². The molecule has 5 heteroatoms. The zero-order chi connectivity index (χ0) is 16.7. The predicted molar refractivity (Wildman–Crippen MR) is 85.5 cm³/mol. The highest BCUT2D eigenvalue weighted by Crippen LogP contribution is 2.39. The molecule has 0 saturated heterocycles. The van der Waals surface area contributed by atoms with Gasteiger partial charge in [0.05, 0.1) is 6.10 Å². The van der Waals surface area contributed by atoms with Crippen LogP contribution in [0.3, 0.4) is 0 Å². The van der Waals surface area contributed by atoms with Gasteiger partial charge in [0.25, 0.3) is 0 Å². The Morgan fingerprint density at radius 2 is 2.05 bits per heavy atom. The van der Waals surface area contributed by atoms with Crippen molar-refractivity contribution in [2.45, 2.75) is 58.1 Å². The van der Waals surface area contributed by atoms with E-state index in [4.69, 9.17) is 10.5 Å². The maximum atomic E-state index is 12.2. The maximum Gasteiger partial charge on any atom is 0.330 e. The van der Waals surface area contributed by atoms with Crippen molar-refractivity contribution >= 4 is 17.6 Å². The number of nitrogens with one attached hydrogen (secondary N) is 1. The van der Waals surface area contributed by atoms with Gasteiger partial charge in [-0.2, -0.15) is 0 Å². The normalized spacial score (nSPS) is 19.1. The molecule has 0 unspecified atom stereocenters. The second-order valence-electron chi connectivity index (χ2n) is 7.03. The highest BCUT2D eigenvalue weighted by molar-refractivity contribution is 5.95. The van der Waals surface area contributed by atoms with Gasteiger partial charge in [-0.25, -0.2) is 4.79 Å². The number of esters is 1. The van der Waals surface area contributed by atoms with Gasteiger partial charge in [0.2, 0.25) is 5.91 Å². The molecule has 120 valence electrons. The summed E-state index contributed by atoms with van der Waals surface area (Å²) in [7, 11) is 0. The minimum atomic E-state index is -1.23. The Morgan fingerprint density at radius 3 is 2.64 bits per heavy atom. The number of fused-ring (bicyclic) bond motifs is 1. The Bertz CT molecular complexity index is 618. The average molecular weight is 304 g/mol. The van der Waals surface area contributed by atoms with E-state index in [-0.39, 0.29) is 17.4 Å². The van der Waals surface area contributed by atoms with Crippen LogP contribution < -0.4 is 11.1 Å². The number of benzene rings is 1. The molecule has 22 heavy (non-hydrogen) atoms. The number of anilines is 1. The number of amides is 1. The summed E-state index contributed by atoms with van der Waals surface area (Å²) in [6.45, 7) is 9.25. The summed E-state index contributed by atoms with van der Waals surface area (Å²) in [5.74, 6) is -0.458. The number of nitrogens with two attached hydrogens (primary N) is 1. The number of carbonyl (C=O) groups excluding carboxylic acids is 2. The molecule has 2 rings (SSSR count). The lowest BCUT2D eigenvalue weighted by atomic mass is 9.76. The molecule has 0 radical (unpaired) electrons. The summed E-state index contributed by atoms with van der Waals surface area (Å²) in [4.78, 5) is 24.0. The number of hydrogen-bond donors (Lipinski definition) is 2. The summed E-state index contributed by atoms with van der Waals surface area (Å²) < 4.78 is 5.25. The standard InChI is InChI=1S/C17H24N2O3/c1-10(2)22-15(21)17(5,18)11-6-7-13-12(8-11)16(3,4)9-14(20)19-13/h6-8,10H,9,18H2,1-5H3,(H,19,20)/t17-/m1/s1. The van der Waals surface area contributed by atoms with E-state index in [2.05, 4.69) is 5.32 Å². The van der Waals surface area contributed by atoms with Crippen LogP contribution in [-0.2, 0) is 25.3 Å². The topological polar surface area (TPSA) is 81.4 Å². The van der Waals surface area contributed by atoms with Crippen LogP contribution in [0.15, 0.2) is 18.2 Å². The van der Waals surface area contributed by atoms with E-state index >= 15 is 0 Å². The molecule has 3 N–H and O–H groups in total. The van der Waals surface area contributed by atoms with Gasteiger partial charge in [-0.1, -0.05) is 26.0 Å². The zero-order valence-corrected chi connectivity index (χ0v) is 13.8. The minimum absolute atomic E-state index is 0.0000206. The van der Waals surface area contributed by atoms with Crippen LogP contribution in [0.1, 0.15) is 52.2 Å². The van der Waals surface area contributed by atoms with Crippen molar-refractivity contribution in [3.8, 4) is 0 Å². The second-order valence-corrected chi connectivity index (χ2v) is 7.03. The Labute approximate surface area is 131 Å². The molecule has 1 aromatic rings. The van der Waals surface area contributed by atoms with Crippen LogP contribution in [0.4, 0.5) is 5.69 Å². The molecule has 1 heterocycles.